The van der Waals surface area contributed by atoms with E-state index in [0.29, 0.717) is 11.4 Å². The Labute approximate surface area is 111 Å². The maximum Gasteiger partial charge on any atom is 0.354 e. The van der Waals surface area contributed by atoms with Gasteiger partial charge in [-0.3, -0.25) is 4.79 Å². The second-order valence-corrected chi connectivity index (χ2v) is 5.01. The Morgan fingerprint density at radius 3 is 2.68 bits per heavy atom. The maximum atomic E-state index is 12.0. The van der Waals surface area contributed by atoms with Crippen LogP contribution in [0, 0.1) is 6.92 Å². The summed E-state index contributed by atoms with van der Waals surface area (Å²) in [7, 11) is 1.61. The van der Waals surface area contributed by atoms with E-state index in [1.807, 2.05) is 0 Å². The monoisotopic (exact) mass is 266 g/mol. The fourth-order valence-corrected chi connectivity index (χ4v) is 2.37. The zero-order valence-electron chi connectivity index (χ0n) is 11.1. The molecule has 1 aliphatic rings. The fourth-order valence-electron chi connectivity index (χ4n) is 2.37. The van der Waals surface area contributed by atoms with Crippen molar-refractivity contribution in [2.75, 3.05) is 12.4 Å². The third-order valence-corrected chi connectivity index (χ3v) is 3.62. The molecule has 0 aromatic carbocycles. The van der Waals surface area contributed by atoms with E-state index in [9.17, 15) is 9.59 Å². The number of nitrogens with one attached hydrogen (secondary N) is 2. The number of rotatable bonds is 5. The molecule has 19 heavy (non-hydrogen) atoms. The van der Waals surface area contributed by atoms with Gasteiger partial charge in [0.15, 0.2) is 0 Å². The van der Waals surface area contributed by atoms with Gasteiger partial charge in [-0.15, -0.1) is 0 Å². The second kappa shape index (κ2) is 5.05. The van der Waals surface area contributed by atoms with E-state index in [0.717, 1.165) is 19.3 Å². The number of carbonyl (C=O) groups excluding carboxylic acids is 1. The van der Waals surface area contributed by atoms with Crippen molar-refractivity contribution in [2.24, 2.45) is 0 Å². The number of aromatic amines is 1. The first-order valence-electron chi connectivity index (χ1n) is 6.24. The Kier molecular flexibility index (Phi) is 3.61. The van der Waals surface area contributed by atoms with Crippen molar-refractivity contribution in [1.29, 1.82) is 0 Å². The van der Waals surface area contributed by atoms with Gasteiger partial charge in [-0.1, -0.05) is 0 Å². The summed E-state index contributed by atoms with van der Waals surface area (Å²) in [5.41, 5.74) is 0.642. The minimum Gasteiger partial charge on any atom is -0.477 e. The Bertz CT molecular complexity index is 497. The van der Waals surface area contributed by atoms with Crippen LogP contribution < -0.4 is 5.32 Å². The first-order chi connectivity index (χ1) is 8.96. The highest BCUT2D eigenvalue weighted by molar-refractivity contribution is 5.99. The number of H-pyrrole nitrogens is 1. The normalized spacial score (nSPS) is 16.7. The van der Waals surface area contributed by atoms with E-state index in [4.69, 9.17) is 9.84 Å². The van der Waals surface area contributed by atoms with Crippen molar-refractivity contribution in [3.05, 3.63) is 17.5 Å². The third kappa shape index (κ3) is 2.78. The summed E-state index contributed by atoms with van der Waals surface area (Å²) in [6, 6.07) is 1.61. The molecule has 0 saturated heterocycles. The number of carbonyl (C=O) groups is 2. The first kappa shape index (κ1) is 13.6. The van der Waals surface area contributed by atoms with Gasteiger partial charge < -0.3 is 20.1 Å². The summed E-state index contributed by atoms with van der Waals surface area (Å²) >= 11 is 0. The number of carboxylic acids is 1. The Hall–Kier alpha value is -1.82. The molecule has 1 fully saturated rings. The first-order valence-corrected chi connectivity index (χ1v) is 6.24. The molecule has 1 heterocycles. The average Bonchev–Trinajstić information content (AvgIpc) is 2.65. The number of amides is 1. The number of aryl methyl sites for hydroxylation is 1. The van der Waals surface area contributed by atoms with E-state index in [1.165, 1.54) is 0 Å². The number of hydrogen-bond donors (Lipinski definition) is 3. The van der Waals surface area contributed by atoms with Crippen LogP contribution in [0.15, 0.2) is 6.07 Å². The third-order valence-electron chi connectivity index (χ3n) is 3.62. The smallest absolute Gasteiger partial charge is 0.354 e. The molecule has 0 unspecified atom stereocenters. The molecule has 6 heteroatoms. The molecule has 104 valence electrons. The standard InChI is InChI=1S/C13H18N2O4/c1-8-6-9(11(14-8)12(17)18)15-10(16)7-13(19-2)4-3-5-13/h6,14H,3-5,7H2,1-2H3,(H,15,16)(H,17,18). The summed E-state index contributed by atoms with van der Waals surface area (Å²) in [5, 5.41) is 11.7. The quantitative estimate of drug-likeness (QED) is 0.759. The van der Waals surface area contributed by atoms with E-state index >= 15 is 0 Å². The lowest BCUT2D eigenvalue weighted by atomic mass is 9.77. The van der Waals surface area contributed by atoms with Crippen molar-refractivity contribution in [2.45, 2.75) is 38.2 Å². The van der Waals surface area contributed by atoms with Crippen LogP contribution in [-0.2, 0) is 9.53 Å². The Morgan fingerprint density at radius 2 is 2.21 bits per heavy atom. The average molecular weight is 266 g/mol. The van der Waals surface area contributed by atoms with Gasteiger partial charge in [0, 0.05) is 12.8 Å². The van der Waals surface area contributed by atoms with E-state index in [1.54, 1.807) is 20.1 Å². The highest BCUT2D eigenvalue weighted by Gasteiger charge is 2.39. The van der Waals surface area contributed by atoms with Crippen LogP contribution in [0.2, 0.25) is 0 Å². The summed E-state index contributed by atoms with van der Waals surface area (Å²) in [6.45, 7) is 1.74. The SMILES string of the molecule is COC1(CC(=O)Nc2cc(C)[nH]c2C(=O)O)CCC1. The molecule has 1 amide bonds. The van der Waals surface area contributed by atoms with Crippen LogP contribution in [0.25, 0.3) is 0 Å². The van der Waals surface area contributed by atoms with Gasteiger partial charge >= 0.3 is 5.97 Å². The summed E-state index contributed by atoms with van der Waals surface area (Å²) in [6.07, 6.45) is 3.06. The van der Waals surface area contributed by atoms with Gasteiger partial charge in [0.25, 0.3) is 0 Å². The molecule has 3 N–H and O–H groups in total. The molecule has 1 aromatic rings. The molecule has 0 radical (unpaired) electrons. The van der Waals surface area contributed by atoms with Crippen LogP contribution in [0.1, 0.15) is 41.9 Å². The van der Waals surface area contributed by atoms with Crippen molar-refractivity contribution in [3.8, 4) is 0 Å². The van der Waals surface area contributed by atoms with Gasteiger partial charge in [-0.25, -0.2) is 4.79 Å². The fraction of sp³-hybridized carbons (Fsp3) is 0.538. The molecule has 1 aliphatic carbocycles. The zero-order chi connectivity index (χ0) is 14.0. The number of methoxy groups -OCH3 is 1. The minimum absolute atomic E-state index is 0.00549. The predicted octanol–water partition coefficient (Wildman–Crippen LogP) is 1.92. The Balaban J connectivity index is 2.04. The van der Waals surface area contributed by atoms with Crippen molar-refractivity contribution in [1.82, 2.24) is 4.98 Å². The predicted molar refractivity (Wildman–Crippen MR) is 69.3 cm³/mol. The molecule has 6 nitrogen and oxygen atoms in total. The van der Waals surface area contributed by atoms with Crippen LogP contribution in [0.4, 0.5) is 5.69 Å². The highest BCUT2D eigenvalue weighted by Crippen LogP contribution is 2.38. The summed E-state index contributed by atoms with van der Waals surface area (Å²) in [4.78, 5) is 25.7. The molecule has 0 spiro atoms. The van der Waals surface area contributed by atoms with Gasteiger partial charge in [0.1, 0.15) is 5.69 Å². The molecule has 1 saturated carbocycles. The maximum absolute atomic E-state index is 12.0. The molecule has 0 aliphatic heterocycles. The molecular weight excluding hydrogens is 248 g/mol. The second-order valence-electron chi connectivity index (χ2n) is 5.01. The van der Waals surface area contributed by atoms with Crippen molar-refractivity contribution < 1.29 is 19.4 Å². The lowest BCUT2D eigenvalue weighted by Crippen LogP contribution is -2.42. The Morgan fingerprint density at radius 1 is 1.53 bits per heavy atom. The van der Waals surface area contributed by atoms with Crippen LogP contribution in [0.5, 0.6) is 0 Å². The van der Waals surface area contributed by atoms with E-state index < -0.39 is 5.97 Å². The minimum atomic E-state index is -1.09. The molecule has 0 atom stereocenters. The van der Waals surface area contributed by atoms with Crippen LogP contribution in [0.3, 0.4) is 0 Å². The zero-order valence-corrected chi connectivity index (χ0v) is 11.1. The highest BCUT2D eigenvalue weighted by atomic mass is 16.5. The van der Waals surface area contributed by atoms with Gasteiger partial charge in [0.2, 0.25) is 5.91 Å². The van der Waals surface area contributed by atoms with Crippen LogP contribution in [-0.4, -0.2) is 34.7 Å². The number of aromatic carboxylic acids is 1. The number of hydrogen-bond acceptors (Lipinski definition) is 3. The summed E-state index contributed by atoms with van der Waals surface area (Å²) < 4.78 is 5.38. The molecule has 2 rings (SSSR count). The molecule has 1 aromatic heterocycles. The van der Waals surface area contributed by atoms with Gasteiger partial charge in [-0.2, -0.15) is 0 Å². The number of carboxylic acid groups (broad SMARTS) is 1. The van der Waals surface area contributed by atoms with Crippen LogP contribution >= 0.6 is 0 Å². The summed E-state index contributed by atoms with van der Waals surface area (Å²) in [5.74, 6) is -1.31. The van der Waals surface area contributed by atoms with Gasteiger partial charge in [0.05, 0.1) is 17.7 Å². The van der Waals surface area contributed by atoms with E-state index in [2.05, 4.69) is 10.3 Å². The topological polar surface area (TPSA) is 91.4 Å². The lowest BCUT2D eigenvalue weighted by molar-refractivity contribution is -0.129. The molecule has 0 bridgehead atoms. The molecular formula is C13H18N2O4. The number of anilines is 1. The lowest BCUT2D eigenvalue weighted by Gasteiger charge is -2.39. The van der Waals surface area contributed by atoms with Crippen molar-refractivity contribution in [3.63, 3.8) is 0 Å². The van der Waals surface area contributed by atoms with Gasteiger partial charge in [-0.05, 0) is 32.3 Å². The largest absolute Gasteiger partial charge is 0.477 e. The number of aromatic nitrogens is 1. The van der Waals surface area contributed by atoms with E-state index in [-0.39, 0.29) is 23.6 Å². The number of ether oxygens (including phenoxy) is 1. The van der Waals surface area contributed by atoms with Crippen molar-refractivity contribution >= 4 is 17.6 Å².